The second-order valence-corrected chi connectivity index (χ2v) is 3.36. The van der Waals surface area contributed by atoms with Crippen LogP contribution in [0.25, 0.3) is 0 Å². The van der Waals surface area contributed by atoms with Crippen molar-refractivity contribution in [2.75, 3.05) is 19.7 Å². The van der Waals surface area contributed by atoms with Gasteiger partial charge in [-0.05, 0) is 0 Å². The van der Waals surface area contributed by atoms with Gasteiger partial charge in [0.25, 0.3) is 0 Å². The van der Waals surface area contributed by atoms with Crippen molar-refractivity contribution >= 4 is 11.9 Å². The van der Waals surface area contributed by atoms with Crippen LogP contribution in [0.5, 0.6) is 0 Å². The van der Waals surface area contributed by atoms with E-state index in [0.717, 1.165) is 0 Å². The average Bonchev–Trinajstić information content (AvgIpc) is 2.81. The number of carbonyl (C=O) groups excluding carboxylic acids is 2. The van der Waals surface area contributed by atoms with E-state index < -0.39 is 5.91 Å². The number of ether oxygens (including phenoxy) is 1. The molecule has 0 aliphatic rings. The van der Waals surface area contributed by atoms with E-state index in [9.17, 15) is 9.59 Å². The first kappa shape index (κ1) is 14.1. The van der Waals surface area contributed by atoms with E-state index in [1.807, 2.05) is 0 Å². The molecule has 3 N–H and O–H groups in total. The molecule has 0 aromatic carbocycles. The van der Waals surface area contributed by atoms with Crippen molar-refractivity contribution in [3.05, 3.63) is 12.2 Å². The van der Waals surface area contributed by atoms with Gasteiger partial charge in [-0.25, -0.2) is 10.5 Å². The highest BCUT2D eigenvalue weighted by molar-refractivity contribution is 5.89. The van der Waals surface area contributed by atoms with Crippen LogP contribution in [0.4, 0.5) is 0 Å². The molecule has 0 aliphatic carbocycles. The normalized spacial score (nSPS) is 10.1. The minimum Gasteiger partial charge on any atom is -0.465 e. The Balaban J connectivity index is 2.17. The molecular weight excluding hydrogens is 242 g/mol. The fourth-order valence-electron chi connectivity index (χ4n) is 1.14. The van der Waals surface area contributed by atoms with Crippen LogP contribution < -0.4 is 10.8 Å². The van der Waals surface area contributed by atoms with Gasteiger partial charge in [-0.3, -0.25) is 19.5 Å². The van der Waals surface area contributed by atoms with Crippen molar-refractivity contribution in [3.63, 3.8) is 0 Å². The molecule has 0 unspecified atom stereocenters. The lowest BCUT2D eigenvalue weighted by Crippen LogP contribution is -2.25. The first-order valence-corrected chi connectivity index (χ1v) is 5.31. The van der Waals surface area contributed by atoms with Gasteiger partial charge in [-0.2, -0.15) is 0 Å². The van der Waals surface area contributed by atoms with Gasteiger partial charge in [0.05, 0.1) is 6.54 Å². The first-order valence-electron chi connectivity index (χ1n) is 5.31. The van der Waals surface area contributed by atoms with Gasteiger partial charge >= 0.3 is 11.9 Å². The Hall–Kier alpha value is -2.00. The lowest BCUT2D eigenvalue weighted by Gasteiger charge is -2.04. The number of carbonyl (C=O) groups is 2. The summed E-state index contributed by atoms with van der Waals surface area (Å²) in [5.74, 6) is -1.17. The lowest BCUT2D eigenvalue weighted by atomic mass is 10.6. The lowest BCUT2D eigenvalue weighted by molar-refractivity contribution is -0.140. The van der Waals surface area contributed by atoms with Crippen molar-refractivity contribution in [2.45, 2.75) is 13.5 Å². The number of rotatable bonds is 7. The fourth-order valence-corrected chi connectivity index (χ4v) is 1.14. The third-order valence-corrected chi connectivity index (χ3v) is 1.94. The molecule has 1 amide bonds. The van der Waals surface area contributed by atoms with Gasteiger partial charge in [0.15, 0.2) is 0 Å². The van der Waals surface area contributed by atoms with Gasteiger partial charge in [0.2, 0.25) is 5.82 Å². The van der Waals surface area contributed by atoms with E-state index in [0.29, 0.717) is 26.2 Å². The van der Waals surface area contributed by atoms with Gasteiger partial charge in [-0.15, -0.1) is 5.10 Å². The second kappa shape index (κ2) is 7.35. The fraction of sp³-hybridized carbons (Fsp3) is 0.556. The Labute approximate surface area is 103 Å². The molecule has 1 rings (SSSR count). The third kappa shape index (κ3) is 4.89. The van der Waals surface area contributed by atoms with Gasteiger partial charge in [0.1, 0.15) is 12.9 Å². The van der Waals surface area contributed by atoms with Crippen LogP contribution in [-0.4, -0.2) is 51.5 Å². The largest absolute Gasteiger partial charge is 0.465 e. The van der Waals surface area contributed by atoms with Crippen LogP contribution in [0, 0.1) is 0 Å². The summed E-state index contributed by atoms with van der Waals surface area (Å²) in [5.41, 5.74) is 1.45. The molecule has 100 valence electrons. The summed E-state index contributed by atoms with van der Waals surface area (Å²) in [4.78, 5) is 25.1. The molecule has 0 atom stereocenters. The molecule has 0 saturated heterocycles. The topological polar surface area (TPSA) is 118 Å². The van der Waals surface area contributed by atoms with Gasteiger partial charge in [-0.1, -0.05) is 0 Å². The summed E-state index contributed by atoms with van der Waals surface area (Å²) in [6, 6.07) is 0. The molecule has 0 radical (unpaired) electrons. The summed E-state index contributed by atoms with van der Waals surface area (Å²) in [6.45, 7) is 3.29. The molecule has 9 nitrogen and oxygen atoms in total. The van der Waals surface area contributed by atoms with E-state index in [1.54, 1.807) is 0 Å². The molecule has 1 heterocycles. The minimum absolute atomic E-state index is 0.0996. The Kier molecular flexibility index (Phi) is 5.74. The van der Waals surface area contributed by atoms with Crippen LogP contribution >= 0.6 is 0 Å². The Bertz CT molecular complexity index is 405. The quantitative estimate of drug-likeness (QED) is 0.236. The average molecular weight is 257 g/mol. The molecular formula is C9H15N5O4. The SMILES string of the molecule is CC(=O)OCCNCCn1cnc(C(=O)NO)n1. The number of hydroxylamine groups is 1. The Morgan fingerprint density at radius 2 is 2.28 bits per heavy atom. The van der Waals surface area contributed by atoms with Gasteiger partial charge in [0, 0.05) is 20.0 Å². The zero-order chi connectivity index (χ0) is 13.4. The Morgan fingerprint density at radius 1 is 1.50 bits per heavy atom. The highest BCUT2D eigenvalue weighted by Crippen LogP contribution is 1.89. The van der Waals surface area contributed by atoms with E-state index in [-0.39, 0.29) is 11.8 Å². The maximum atomic E-state index is 10.9. The number of nitrogens with zero attached hydrogens (tertiary/aromatic N) is 3. The van der Waals surface area contributed by atoms with Crippen molar-refractivity contribution in [1.29, 1.82) is 0 Å². The Morgan fingerprint density at radius 3 is 2.94 bits per heavy atom. The van der Waals surface area contributed by atoms with Crippen LogP contribution in [0.3, 0.4) is 0 Å². The standard InChI is InChI=1S/C9H15N5O4/c1-7(15)18-5-3-10-2-4-14-6-11-8(12-14)9(16)13-17/h6,10,17H,2-5H2,1H3,(H,13,16). The summed E-state index contributed by atoms with van der Waals surface area (Å²) >= 11 is 0. The van der Waals surface area contributed by atoms with Crippen molar-refractivity contribution < 1.29 is 19.5 Å². The molecule has 1 aromatic heterocycles. The summed E-state index contributed by atoms with van der Waals surface area (Å²) in [6.07, 6.45) is 1.39. The van der Waals surface area contributed by atoms with E-state index in [4.69, 9.17) is 9.94 Å². The van der Waals surface area contributed by atoms with Crippen molar-refractivity contribution in [3.8, 4) is 0 Å². The van der Waals surface area contributed by atoms with E-state index in [1.165, 1.54) is 23.4 Å². The molecule has 0 bridgehead atoms. The number of amides is 1. The first-order chi connectivity index (χ1) is 8.63. The summed E-state index contributed by atoms with van der Waals surface area (Å²) < 4.78 is 6.19. The maximum absolute atomic E-state index is 10.9. The van der Waals surface area contributed by atoms with Crippen LogP contribution in [-0.2, 0) is 16.1 Å². The number of hydrogen-bond acceptors (Lipinski definition) is 7. The van der Waals surface area contributed by atoms with Crippen molar-refractivity contribution in [2.24, 2.45) is 0 Å². The molecule has 0 aliphatic heterocycles. The van der Waals surface area contributed by atoms with Crippen LogP contribution in [0.1, 0.15) is 17.5 Å². The maximum Gasteiger partial charge on any atom is 0.314 e. The number of hydrogen-bond donors (Lipinski definition) is 3. The molecule has 0 saturated carbocycles. The van der Waals surface area contributed by atoms with Gasteiger partial charge < -0.3 is 10.1 Å². The summed E-state index contributed by atoms with van der Waals surface area (Å²) in [7, 11) is 0. The second-order valence-electron chi connectivity index (χ2n) is 3.36. The van der Waals surface area contributed by atoms with E-state index in [2.05, 4.69) is 15.4 Å². The monoisotopic (exact) mass is 257 g/mol. The van der Waals surface area contributed by atoms with E-state index >= 15 is 0 Å². The predicted octanol–water partition coefficient (Wildman–Crippen LogP) is -1.45. The van der Waals surface area contributed by atoms with Crippen molar-refractivity contribution in [1.82, 2.24) is 25.6 Å². The zero-order valence-electron chi connectivity index (χ0n) is 9.92. The molecule has 9 heteroatoms. The number of nitrogens with one attached hydrogen (secondary N) is 2. The molecule has 0 fully saturated rings. The minimum atomic E-state index is -0.753. The summed E-state index contributed by atoms with van der Waals surface area (Å²) in [5, 5.41) is 15.2. The van der Waals surface area contributed by atoms with Crippen LogP contribution in [0.2, 0.25) is 0 Å². The number of aromatic nitrogens is 3. The highest BCUT2D eigenvalue weighted by Gasteiger charge is 2.09. The number of esters is 1. The molecule has 18 heavy (non-hydrogen) atoms. The predicted molar refractivity (Wildman–Crippen MR) is 58.8 cm³/mol. The highest BCUT2D eigenvalue weighted by atomic mass is 16.5. The smallest absolute Gasteiger partial charge is 0.314 e. The molecule has 0 spiro atoms. The zero-order valence-corrected chi connectivity index (χ0v) is 9.92. The van der Waals surface area contributed by atoms with Crippen LogP contribution in [0.15, 0.2) is 6.33 Å². The molecule has 1 aromatic rings. The third-order valence-electron chi connectivity index (χ3n) is 1.94.